The van der Waals surface area contributed by atoms with E-state index in [1.54, 1.807) is 13.1 Å². The fourth-order valence-electron chi connectivity index (χ4n) is 2.35. The van der Waals surface area contributed by atoms with E-state index in [4.69, 9.17) is 0 Å². The molecule has 0 spiro atoms. The van der Waals surface area contributed by atoms with Gasteiger partial charge < -0.3 is 5.32 Å². The van der Waals surface area contributed by atoms with Crippen molar-refractivity contribution in [1.29, 1.82) is 0 Å². The Morgan fingerprint density at radius 2 is 2.05 bits per heavy atom. The van der Waals surface area contributed by atoms with E-state index < -0.39 is 15.8 Å². The summed E-state index contributed by atoms with van der Waals surface area (Å²) in [5.41, 5.74) is 0.742. The number of hydrogen-bond donors (Lipinski definition) is 2. The van der Waals surface area contributed by atoms with Gasteiger partial charge in [-0.05, 0) is 43.5 Å². The molecule has 0 atom stereocenters. The third-order valence-corrected chi connectivity index (χ3v) is 4.90. The summed E-state index contributed by atoms with van der Waals surface area (Å²) < 4.78 is 40.6. The molecule has 0 aromatic heterocycles. The van der Waals surface area contributed by atoms with Crippen LogP contribution in [0.4, 0.5) is 4.39 Å². The van der Waals surface area contributed by atoms with Gasteiger partial charge in [0.25, 0.3) is 0 Å². The lowest BCUT2D eigenvalue weighted by atomic mass is 9.83. The maximum absolute atomic E-state index is 13.7. The van der Waals surface area contributed by atoms with Crippen molar-refractivity contribution in [3.63, 3.8) is 0 Å². The quantitative estimate of drug-likeness (QED) is 0.865. The highest BCUT2D eigenvalue weighted by Gasteiger charge is 2.31. The highest BCUT2D eigenvalue weighted by Crippen LogP contribution is 2.28. The molecule has 1 aromatic carbocycles. The topological polar surface area (TPSA) is 58.2 Å². The largest absolute Gasteiger partial charge is 0.316 e. The fraction of sp³-hybridized carbons (Fsp3) is 0.538. The number of rotatable bonds is 5. The number of hydrogen-bond acceptors (Lipinski definition) is 3. The Bertz CT molecular complexity index is 554. The summed E-state index contributed by atoms with van der Waals surface area (Å²) in [6.45, 7) is 2.57. The summed E-state index contributed by atoms with van der Waals surface area (Å²) >= 11 is 0. The average Bonchev–Trinajstić information content (AvgIpc) is 2.29. The standard InChI is InChI=1S/C13H19FN2O2S/c1-9-5-11(6-9)16-19(17,18)13-7-10(8-15-2)3-4-12(13)14/h3-4,7,9,11,15-16H,5-6,8H2,1-2H3. The lowest BCUT2D eigenvalue weighted by Gasteiger charge is -2.32. The van der Waals surface area contributed by atoms with E-state index in [1.807, 2.05) is 0 Å². The lowest BCUT2D eigenvalue weighted by Crippen LogP contribution is -2.43. The van der Waals surface area contributed by atoms with Crippen LogP contribution in [0, 0.1) is 11.7 Å². The van der Waals surface area contributed by atoms with Gasteiger partial charge in [0.2, 0.25) is 10.0 Å². The van der Waals surface area contributed by atoms with Crippen molar-refractivity contribution in [2.45, 2.75) is 37.2 Å². The smallest absolute Gasteiger partial charge is 0.243 e. The van der Waals surface area contributed by atoms with E-state index in [-0.39, 0.29) is 10.9 Å². The Hall–Kier alpha value is -0.980. The molecule has 4 nitrogen and oxygen atoms in total. The average molecular weight is 286 g/mol. The van der Waals surface area contributed by atoms with Crippen LogP contribution >= 0.6 is 0 Å². The number of sulfonamides is 1. The van der Waals surface area contributed by atoms with E-state index in [2.05, 4.69) is 17.0 Å². The first-order chi connectivity index (χ1) is 8.92. The molecule has 2 N–H and O–H groups in total. The van der Waals surface area contributed by atoms with E-state index in [0.717, 1.165) is 18.4 Å². The Labute approximate surface area is 113 Å². The maximum atomic E-state index is 13.7. The van der Waals surface area contributed by atoms with Gasteiger partial charge in [-0.25, -0.2) is 17.5 Å². The van der Waals surface area contributed by atoms with Crippen LogP contribution in [0.1, 0.15) is 25.3 Å². The van der Waals surface area contributed by atoms with Crippen molar-refractivity contribution in [3.8, 4) is 0 Å². The third kappa shape index (κ3) is 3.32. The van der Waals surface area contributed by atoms with Gasteiger partial charge in [-0.3, -0.25) is 0 Å². The van der Waals surface area contributed by atoms with Crippen LogP contribution in [-0.4, -0.2) is 21.5 Å². The van der Waals surface area contributed by atoms with Crippen LogP contribution < -0.4 is 10.0 Å². The first-order valence-electron chi connectivity index (χ1n) is 6.37. The predicted octanol–water partition coefficient (Wildman–Crippen LogP) is 1.62. The molecule has 0 saturated heterocycles. The van der Waals surface area contributed by atoms with Gasteiger partial charge in [-0.1, -0.05) is 13.0 Å². The van der Waals surface area contributed by atoms with Crippen LogP contribution in [-0.2, 0) is 16.6 Å². The zero-order chi connectivity index (χ0) is 14.0. The Balaban J connectivity index is 2.21. The number of nitrogens with one attached hydrogen (secondary N) is 2. The molecule has 106 valence electrons. The van der Waals surface area contributed by atoms with Crippen molar-refractivity contribution in [1.82, 2.24) is 10.0 Å². The number of halogens is 1. The van der Waals surface area contributed by atoms with Crippen molar-refractivity contribution in [2.24, 2.45) is 5.92 Å². The van der Waals surface area contributed by atoms with Gasteiger partial charge >= 0.3 is 0 Å². The van der Waals surface area contributed by atoms with Crippen molar-refractivity contribution >= 4 is 10.0 Å². The molecule has 0 unspecified atom stereocenters. The minimum absolute atomic E-state index is 0.0626. The van der Waals surface area contributed by atoms with Gasteiger partial charge in [-0.2, -0.15) is 0 Å². The second-order valence-electron chi connectivity index (χ2n) is 5.19. The van der Waals surface area contributed by atoms with Crippen LogP contribution in [0.15, 0.2) is 23.1 Å². The summed E-state index contributed by atoms with van der Waals surface area (Å²) in [6.07, 6.45) is 1.63. The summed E-state index contributed by atoms with van der Waals surface area (Å²) in [4.78, 5) is -0.264. The zero-order valence-electron chi connectivity index (χ0n) is 11.1. The molecule has 1 aliphatic rings. The van der Waals surface area contributed by atoms with Gasteiger partial charge in [0, 0.05) is 12.6 Å². The minimum Gasteiger partial charge on any atom is -0.316 e. The van der Waals surface area contributed by atoms with Gasteiger partial charge in [0.1, 0.15) is 10.7 Å². The molecule has 0 aliphatic heterocycles. The van der Waals surface area contributed by atoms with Crippen molar-refractivity contribution in [2.75, 3.05) is 7.05 Å². The van der Waals surface area contributed by atoms with Crippen LogP contribution in [0.5, 0.6) is 0 Å². The SMILES string of the molecule is CNCc1ccc(F)c(S(=O)(=O)NC2CC(C)C2)c1. The highest BCUT2D eigenvalue weighted by molar-refractivity contribution is 7.89. The van der Waals surface area contributed by atoms with E-state index in [9.17, 15) is 12.8 Å². The Morgan fingerprint density at radius 3 is 2.63 bits per heavy atom. The summed E-state index contributed by atoms with van der Waals surface area (Å²) in [5, 5.41) is 2.91. The second kappa shape index (κ2) is 5.56. The normalized spacial score (nSPS) is 23.1. The number of benzene rings is 1. The first-order valence-corrected chi connectivity index (χ1v) is 7.86. The molecule has 19 heavy (non-hydrogen) atoms. The molecule has 1 aliphatic carbocycles. The molecule has 2 rings (SSSR count). The van der Waals surface area contributed by atoms with Crippen LogP contribution in [0.25, 0.3) is 0 Å². The third-order valence-electron chi connectivity index (χ3n) is 3.36. The Morgan fingerprint density at radius 1 is 1.37 bits per heavy atom. The molecule has 0 heterocycles. The Kier molecular flexibility index (Phi) is 4.23. The van der Waals surface area contributed by atoms with Crippen LogP contribution in [0.3, 0.4) is 0 Å². The van der Waals surface area contributed by atoms with Gasteiger partial charge in [0.05, 0.1) is 0 Å². The van der Waals surface area contributed by atoms with Gasteiger partial charge in [0.15, 0.2) is 0 Å². The maximum Gasteiger partial charge on any atom is 0.243 e. The van der Waals surface area contributed by atoms with Crippen molar-refractivity contribution in [3.05, 3.63) is 29.6 Å². The zero-order valence-corrected chi connectivity index (χ0v) is 11.9. The monoisotopic (exact) mass is 286 g/mol. The molecule has 6 heteroatoms. The first kappa shape index (κ1) is 14.4. The summed E-state index contributed by atoms with van der Waals surface area (Å²) in [7, 11) is -2.01. The van der Waals surface area contributed by atoms with Crippen molar-refractivity contribution < 1.29 is 12.8 Å². The van der Waals surface area contributed by atoms with Gasteiger partial charge in [-0.15, -0.1) is 0 Å². The minimum atomic E-state index is -3.77. The molecule has 1 saturated carbocycles. The molecule has 1 aromatic rings. The fourth-order valence-corrected chi connectivity index (χ4v) is 3.74. The van der Waals surface area contributed by atoms with E-state index in [0.29, 0.717) is 12.5 Å². The molecule has 0 radical (unpaired) electrons. The second-order valence-corrected chi connectivity index (χ2v) is 6.87. The molecule has 0 amide bonds. The van der Waals surface area contributed by atoms with E-state index >= 15 is 0 Å². The molecule has 1 fully saturated rings. The summed E-state index contributed by atoms with van der Waals surface area (Å²) in [6, 6.07) is 4.10. The lowest BCUT2D eigenvalue weighted by molar-refractivity contribution is 0.270. The molecular weight excluding hydrogens is 267 g/mol. The predicted molar refractivity (Wildman–Crippen MR) is 71.7 cm³/mol. The van der Waals surface area contributed by atoms with Crippen LogP contribution in [0.2, 0.25) is 0 Å². The molecule has 0 bridgehead atoms. The highest BCUT2D eigenvalue weighted by atomic mass is 32.2. The molecular formula is C13H19FN2O2S. The summed E-state index contributed by atoms with van der Waals surface area (Å²) in [5.74, 6) is -0.173. The van der Waals surface area contributed by atoms with E-state index in [1.165, 1.54) is 12.1 Å².